The molecule has 1 unspecified atom stereocenters. The Morgan fingerprint density at radius 1 is 1.17 bits per heavy atom. The minimum absolute atomic E-state index is 0.0339. The van der Waals surface area contributed by atoms with E-state index >= 15 is 0 Å². The van der Waals surface area contributed by atoms with E-state index in [1.165, 1.54) is 12.3 Å². The van der Waals surface area contributed by atoms with Gasteiger partial charge in [0.25, 0.3) is 5.66 Å². The number of nitrogens with one attached hydrogen (secondary N) is 1. The monoisotopic (exact) mass is 413 g/mol. The van der Waals surface area contributed by atoms with Gasteiger partial charge in [0.2, 0.25) is 0 Å². The predicted octanol–water partition coefficient (Wildman–Crippen LogP) is 5.26. The second-order valence-electron chi connectivity index (χ2n) is 6.80. The highest BCUT2D eigenvalue weighted by atomic mass is 31.0. The van der Waals surface area contributed by atoms with Crippen LogP contribution in [0.2, 0.25) is 0 Å². The predicted molar refractivity (Wildman–Crippen MR) is 116 cm³/mol. The number of rotatable bonds is 6. The van der Waals surface area contributed by atoms with Gasteiger partial charge in [0.1, 0.15) is 0 Å². The summed E-state index contributed by atoms with van der Waals surface area (Å²) in [5.41, 5.74) is 1.54. The van der Waals surface area contributed by atoms with E-state index in [4.69, 9.17) is 0 Å². The fourth-order valence-corrected chi connectivity index (χ4v) is 3.45. The third-order valence-electron chi connectivity index (χ3n) is 4.54. The van der Waals surface area contributed by atoms with E-state index in [0.29, 0.717) is 22.8 Å². The van der Waals surface area contributed by atoms with Gasteiger partial charge in [-0.1, -0.05) is 52.2 Å². The number of halogens is 2. The highest BCUT2D eigenvalue weighted by Crippen LogP contribution is 2.40. The normalized spacial score (nSPS) is 11.4. The molecule has 7 heteroatoms. The molecule has 0 bridgehead atoms. The molecule has 0 aliphatic heterocycles. The summed E-state index contributed by atoms with van der Waals surface area (Å²) in [5.74, 6) is 0.314. The topological polar surface area (TPSA) is 58.0 Å². The zero-order valence-corrected chi connectivity index (χ0v) is 17.4. The average molecular weight is 413 g/mol. The first-order valence-electron chi connectivity index (χ1n) is 8.97. The van der Waals surface area contributed by atoms with Crippen molar-refractivity contribution in [1.29, 1.82) is 0 Å². The molecule has 0 amide bonds. The minimum atomic E-state index is -3.07. The summed E-state index contributed by atoms with van der Waals surface area (Å²) in [5, 5.41) is 12.6. The Morgan fingerprint density at radius 2 is 1.83 bits per heavy atom. The van der Waals surface area contributed by atoms with Crippen LogP contribution in [0.3, 0.4) is 0 Å². The molecule has 0 fully saturated rings. The first-order chi connectivity index (χ1) is 13.7. The number of aliphatic hydroxyl groups excluding tert-OH is 1. The Kier molecular flexibility index (Phi) is 6.06. The van der Waals surface area contributed by atoms with Crippen LogP contribution >= 0.6 is 9.24 Å². The van der Waals surface area contributed by atoms with E-state index in [1.54, 1.807) is 33.5 Å². The second-order valence-corrected chi connectivity index (χ2v) is 7.53. The van der Waals surface area contributed by atoms with Gasteiger partial charge in [-0.15, -0.1) is 0 Å². The van der Waals surface area contributed by atoms with Crippen molar-refractivity contribution in [2.75, 3.05) is 5.32 Å². The first kappa shape index (κ1) is 21.0. The number of alkyl halides is 2. The number of benzene rings is 2. The summed E-state index contributed by atoms with van der Waals surface area (Å²) in [7, 11) is 1.56. The SMILES string of the molecule is C=C(Nc1c(C)cc(CO)cc1C)c1nccc(-c2ccccc2C(F)(F)P)n1. The molecule has 150 valence electrons. The van der Waals surface area contributed by atoms with E-state index in [9.17, 15) is 13.9 Å². The molecule has 1 atom stereocenters. The molecule has 0 saturated heterocycles. The van der Waals surface area contributed by atoms with Gasteiger partial charge in [0, 0.05) is 23.0 Å². The molecule has 0 spiro atoms. The molecule has 2 aromatic carbocycles. The fraction of sp³-hybridized carbons (Fsp3) is 0.182. The molecule has 3 rings (SSSR count). The second kappa shape index (κ2) is 8.36. The van der Waals surface area contributed by atoms with Crippen LogP contribution in [0.25, 0.3) is 17.0 Å². The lowest BCUT2D eigenvalue weighted by molar-refractivity contribution is 0.104. The van der Waals surface area contributed by atoms with E-state index in [1.807, 2.05) is 26.0 Å². The summed E-state index contributed by atoms with van der Waals surface area (Å²) in [6.07, 6.45) is 1.52. The van der Waals surface area contributed by atoms with Gasteiger partial charge in [-0.05, 0) is 36.6 Å². The number of hydrogen-bond donors (Lipinski definition) is 2. The fourth-order valence-electron chi connectivity index (χ4n) is 3.20. The van der Waals surface area contributed by atoms with Crippen molar-refractivity contribution < 1.29 is 13.9 Å². The van der Waals surface area contributed by atoms with Gasteiger partial charge < -0.3 is 10.4 Å². The summed E-state index contributed by atoms with van der Waals surface area (Å²) < 4.78 is 27.9. The van der Waals surface area contributed by atoms with Crippen LogP contribution in [0.5, 0.6) is 0 Å². The van der Waals surface area contributed by atoms with Crippen molar-refractivity contribution in [3.8, 4) is 11.3 Å². The Morgan fingerprint density at radius 3 is 2.45 bits per heavy atom. The van der Waals surface area contributed by atoms with Gasteiger partial charge in [-0.3, -0.25) is 0 Å². The number of aromatic nitrogens is 2. The molecular weight excluding hydrogens is 391 g/mol. The maximum atomic E-state index is 14.0. The number of aryl methyl sites for hydroxylation is 2. The Bertz CT molecular complexity index is 1040. The quantitative estimate of drug-likeness (QED) is 0.542. The van der Waals surface area contributed by atoms with Crippen LogP contribution in [0, 0.1) is 13.8 Å². The van der Waals surface area contributed by atoms with Gasteiger partial charge in [0.05, 0.1) is 18.0 Å². The third-order valence-corrected chi connectivity index (χ3v) is 4.85. The molecule has 0 aliphatic rings. The number of hydrogen-bond acceptors (Lipinski definition) is 4. The molecule has 29 heavy (non-hydrogen) atoms. The van der Waals surface area contributed by atoms with E-state index < -0.39 is 5.66 Å². The summed E-state index contributed by atoms with van der Waals surface area (Å²) >= 11 is 0. The molecule has 2 N–H and O–H groups in total. The molecular formula is C22H22F2N3OP. The van der Waals surface area contributed by atoms with Crippen molar-refractivity contribution in [3.05, 3.63) is 83.3 Å². The molecule has 0 radical (unpaired) electrons. The smallest absolute Gasteiger partial charge is 0.284 e. The van der Waals surface area contributed by atoms with Gasteiger partial charge in [-0.2, -0.15) is 8.78 Å². The van der Waals surface area contributed by atoms with E-state index in [-0.39, 0.29) is 12.2 Å². The number of aliphatic hydroxyl groups is 1. The van der Waals surface area contributed by atoms with Crippen molar-refractivity contribution >= 4 is 20.6 Å². The number of anilines is 1. The van der Waals surface area contributed by atoms with Crippen molar-refractivity contribution in [2.24, 2.45) is 0 Å². The van der Waals surface area contributed by atoms with Crippen LogP contribution in [0.15, 0.2) is 55.2 Å². The summed E-state index contributed by atoms with van der Waals surface area (Å²) in [6.45, 7) is 7.83. The Balaban J connectivity index is 1.95. The standard InChI is InChI=1S/C22H22F2N3OP/c1-13-10-16(12-28)11-14(2)20(13)26-15(3)21-25-9-8-19(27-21)17-6-4-5-7-18(17)22(23,24)29/h4-11,26,28H,3,12,29H2,1-2H3. The van der Waals surface area contributed by atoms with E-state index in [2.05, 4.69) is 21.9 Å². The van der Waals surface area contributed by atoms with Crippen molar-refractivity contribution in [3.63, 3.8) is 0 Å². The molecule has 3 aromatic rings. The highest BCUT2D eigenvalue weighted by molar-refractivity contribution is 7.17. The first-order valence-corrected chi connectivity index (χ1v) is 9.55. The largest absolute Gasteiger partial charge is 0.392 e. The van der Waals surface area contributed by atoms with Crippen LogP contribution < -0.4 is 5.32 Å². The number of nitrogens with zero attached hydrogens (tertiary/aromatic N) is 2. The average Bonchev–Trinajstić information content (AvgIpc) is 2.69. The third kappa shape index (κ3) is 4.66. The molecule has 0 aliphatic carbocycles. The zero-order valence-electron chi connectivity index (χ0n) is 16.2. The summed E-state index contributed by atoms with van der Waals surface area (Å²) in [6, 6.07) is 11.6. The van der Waals surface area contributed by atoms with Crippen LogP contribution in [-0.4, -0.2) is 15.1 Å². The van der Waals surface area contributed by atoms with Crippen LogP contribution in [0.1, 0.15) is 28.1 Å². The highest BCUT2D eigenvalue weighted by Gasteiger charge is 2.28. The lowest BCUT2D eigenvalue weighted by Crippen LogP contribution is -2.08. The molecule has 0 saturated carbocycles. The Hall–Kier alpha value is -2.69. The lowest BCUT2D eigenvalue weighted by atomic mass is 10.0. The van der Waals surface area contributed by atoms with Gasteiger partial charge in [-0.25, -0.2) is 9.97 Å². The molecule has 1 aromatic heterocycles. The molecule has 4 nitrogen and oxygen atoms in total. The minimum Gasteiger partial charge on any atom is -0.392 e. The summed E-state index contributed by atoms with van der Waals surface area (Å²) in [4.78, 5) is 8.69. The van der Waals surface area contributed by atoms with Crippen LogP contribution in [-0.2, 0) is 12.3 Å². The van der Waals surface area contributed by atoms with Crippen LogP contribution in [0.4, 0.5) is 14.5 Å². The van der Waals surface area contributed by atoms with Crippen molar-refractivity contribution in [1.82, 2.24) is 9.97 Å². The maximum Gasteiger partial charge on any atom is 0.284 e. The van der Waals surface area contributed by atoms with Crippen molar-refractivity contribution in [2.45, 2.75) is 26.1 Å². The lowest BCUT2D eigenvalue weighted by Gasteiger charge is -2.17. The maximum absolute atomic E-state index is 14.0. The van der Waals surface area contributed by atoms with E-state index in [0.717, 1.165) is 22.4 Å². The van der Waals surface area contributed by atoms with Gasteiger partial charge in [0.15, 0.2) is 5.82 Å². The molecule has 1 heterocycles. The Labute approximate surface area is 170 Å². The van der Waals surface area contributed by atoms with Gasteiger partial charge >= 0.3 is 0 Å². The zero-order chi connectivity index (χ0) is 21.2.